The molecule has 3 aromatic rings. The van der Waals surface area contributed by atoms with Crippen molar-refractivity contribution < 1.29 is 36.6 Å². The molecule has 0 aliphatic rings. The summed E-state index contributed by atoms with van der Waals surface area (Å²) in [6.45, 7) is -0.646. The highest BCUT2D eigenvalue weighted by Crippen LogP contribution is 2.34. The lowest BCUT2D eigenvalue weighted by Crippen LogP contribution is -2.38. The summed E-state index contributed by atoms with van der Waals surface area (Å²) < 4.78 is 62.7. The van der Waals surface area contributed by atoms with Gasteiger partial charge in [-0.25, -0.2) is 12.8 Å². The minimum atomic E-state index is -4.34. The number of nitrogens with one attached hydrogen (secondary N) is 1. The fourth-order valence-corrected chi connectivity index (χ4v) is 4.91. The molecule has 1 N–H and O–H groups in total. The molecule has 0 radical (unpaired) electrons. The molecule has 0 unspecified atom stereocenters. The summed E-state index contributed by atoms with van der Waals surface area (Å²) in [4.78, 5) is 12.8. The summed E-state index contributed by atoms with van der Waals surface area (Å²) >= 11 is 5.91. The van der Waals surface area contributed by atoms with Crippen LogP contribution < -0.4 is 28.6 Å². The Hall–Kier alpha value is -3.70. The average molecular weight is 539 g/mol. The minimum Gasteiger partial charge on any atom is -0.493 e. The van der Waals surface area contributed by atoms with E-state index >= 15 is 0 Å². The molecule has 0 aromatic heterocycles. The molecule has 3 rings (SSSR count). The lowest BCUT2D eigenvalue weighted by Gasteiger charge is -2.25. The zero-order valence-electron chi connectivity index (χ0n) is 19.9. The van der Waals surface area contributed by atoms with Gasteiger partial charge in [0.25, 0.3) is 10.0 Å². The van der Waals surface area contributed by atoms with Crippen LogP contribution in [0.3, 0.4) is 0 Å². The summed E-state index contributed by atoms with van der Waals surface area (Å²) in [6.07, 6.45) is 0. The molecule has 36 heavy (non-hydrogen) atoms. The Kier molecular flexibility index (Phi) is 8.49. The van der Waals surface area contributed by atoms with Crippen LogP contribution in [0.1, 0.15) is 0 Å². The van der Waals surface area contributed by atoms with Crippen LogP contribution in [0.25, 0.3) is 0 Å². The standard InChI is InChI=1S/C24H24ClFN2O7S/c1-32-20-9-5-15(11-22(20)34-3)27-24(29)14-28(16-6-8-19(26)18(25)12-16)36(30,31)17-7-10-21(33-2)23(13-17)35-4/h5-13H,14H2,1-4H3,(H,27,29). The van der Waals surface area contributed by atoms with Gasteiger partial charge in [0.05, 0.1) is 44.0 Å². The van der Waals surface area contributed by atoms with Gasteiger partial charge in [0, 0.05) is 17.8 Å². The Morgan fingerprint density at radius 3 is 2.03 bits per heavy atom. The molecule has 1 amide bonds. The van der Waals surface area contributed by atoms with Crippen molar-refractivity contribution in [3.8, 4) is 23.0 Å². The van der Waals surface area contributed by atoms with Crippen molar-refractivity contribution in [2.24, 2.45) is 0 Å². The van der Waals surface area contributed by atoms with Crippen LogP contribution in [0, 0.1) is 5.82 Å². The van der Waals surface area contributed by atoms with Crippen molar-refractivity contribution in [2.75, 3.05) is 44.6 Å². The van der Waals surface area contributed by atoms with Gasteiger partial charge in [0.2, 0.25) is 5.91 Å². The van der Waals surface area contributed by atoms with Gasteiger partial charge in [0.1, 0.15) is 12.4 Å². The molecule has 0 spiro atoms. The average Bonchev–Trinajstić information content (AvgIpc) is 2.88. The molecule has 0 saturated heterocycles. The monoisotopic (exact) mass is 538 g/mol. The van der Waals surface area contributed by atoms with Gasteiger partial charge in [-0.05, 0) is 42.5 Å². The van der Waals surface area contributed by atoms with Crippen LogP contribution in [0.15, 0.2) is 59.5 Å². The lowest BCUT2D eigenvalue weighted by atomic mass is 10.2. The molecule has 0 aliphatic heterocycles. The number of carbonyl (C=O) groups excluding carboxylic acids is 1. The van der Waals surface area contributed by atoms with E-state index in [1.54, 1.807) is 12.1 Å². The topological polar surface area (TPSA) is 103 Å². The van der Waals surface area contributed by atoms with E-state index < -0.39 is 28.3 Å². The van der Waals surface area contributed by atoms with Gasteiger partial charge < -0.3 is 24.3 Å². The Morgan fingerprint density at radius 2 is 1.44 bits per heavy atom. The molecule has 12 heteroatoms. The molecule has 192 valence electrons. The first-order valence-corrected chi connectivity index (χ1v) is 12.2. The summed E-state index contributed by atoms with van der Waals surface area (Å²) in [6, 6.07) is 12.0. The molecule has 0 atom stereocenters. The number of methoxy groups -OCH3 is 4. The molecule has 0 aliphatic carbocycles. The fraction of sp³-hybridized carbons (Fsp3) is 0.208. The van der Waals surface area contributed by atoms with Gasteiger partial charge in [-0.15, -0.1) is 0 Å². The van der Waals surface area contributed by atoms with E-state index in [0.717, 1.165) is 16.4 Å². The molecule has 9 nitrogen and oxygen atoms in total. The first-order chi connectivity index (χ1) is 17.1. The van der Waals surface area contributed by atoms with Gasteiger partial charge in [-0.2, -0.15) is 0 Å². The second-order valence-electron chi connectivity index (χ2n) is 7.24. The van der Waals surface area contributed by atoms with Crippen molar-refractivity contribution in [1.29, 1.82) is 0 Å². The van der Waals surface area contributed by atoms with Crippen LogP contribution in [-0.2, 0) is 14.8 Å². The second-order valence-corrected chi connectivity index (χ2v) is 9.51. The summed E-state index contributed by atoms with van der Waals surface area (Å²) in [5, 5.41) is 2.32. The first-order valence-electron chi connectivity index (χ1n) is 10.4. The Labute approximate surface area is 213 Å². The maximum Gasteiger partial charge on any atom is 0.264 e. The van der Waals surface area contributed by atoms with Crippen molar-refractivity contribution in [2.45, 2.75) is 4.90 Å². The van der Waals surface area contributed by atoms with Crippen LogP contribution >= 0.6 is 11.6 Å². The number of amides is 1. The molecular formula is C24H24ClFN2O7S. The molecule has 0 heterocycles. The number of hydrogen-bond acceptors (Lipinski definition) is 7. The number of hydrogen-bond donors (Lipinski definition) is 1. The number of nitrogens with zero attached hydrogens (tertiary/aromatic N) is 1. The van der Waals surface area contributed by atoms with E-state index in [9.17, 15) is 17.6 Å². The largest absolute Gasteiger partial charge is 0.493 e. The summed E-state index contributed by atoms with van der Waals surface area (Å²) in [5.74, 6) is -0.0978. The van der Waals surface area contributed by atoms with E-state index in [4.69, 9.17) is 30.5 Å². The first kappa shape index (κ1) is 26.9. The van der Waals surface area contributed by atoms with Gasteiger partial charge >= 0.3 is 0 Å². The Bertz CT molecular complexity index is 1370. The number of ether oxygens (including phenoxy) is 4. The van der Waals surface area contributed by atoms with E-state index in [0.29, 0.717) is 22.9 Å². The van der Waals surface area contributed by atoms with Crippen LogP contribution in [0.4, 0.5) is 15.8 Å². The van der Waals surface area contributed by atoms with E-state index in [1.807, 2.05) is 0 Å². The van der Waals surface area contributed by atoms with Gasteiger partial charge in [-0.1, -0.05) is 11.6 Å². The number of rotatable bonds is 10. The third kappa shape index (κ3) is 5.74. The van der Waals surface area contributed by atoms with Gasteiger partial charge in [-0.3, -0.25) is 9.10 Å². The van der Waals surface area contributed by atoms with Crippen molar-refractivity contribution in [3.05, 3.63) is 65.4 Å². The van der Waals surface area contributed by atoms with Crippen LogP contribution in [0.5, 0.6) is 23.0 Å². The van der Waals surface area contributed by atoms with Gasteiger partial charge in [0.15, 0.2) is 23.0 Å². The Morgan fingerprint density at radius 1 is 0.861 bits per heavy atom. The smallest absolute Gasteiger partial charge is 0.264 e. The third-order valence-electron chi connectivity index (χ3n) is 5.09. The number of carbonyl (C=O) groups is 1. The van der Waals surface area contributed by atoms with Crippen molar-refractivity contribution >= 4 is 38.9 Å². The highest BCUT2D eigenvalue weighted by atomic mass is 35.5. The van der Waals surface area contributed by atoms with Crippen LogP contribution in [-0.4, -0.2) is 49.3 Å². The lowest BCUT2D eigenvalue weighted by molar-refractivity contribution is -0.114. The highest BCUT2D eigenvalue weighted by molar-refractivity contribution is 7.92. The maximum atomic E-state index is 13.8. The molecule has 0 bridgehead atoms. The normalized spacial score (nSPS) is 10.9. The van der Waals surface area contributed by atoms with E-state index in [1.165, 1.54) is 58.8 Å². The number of benzene rings is 3. The van der Waals surface area contributed by atoms with E-state index in [2.05, 4.69) is 5.32 Å². The predicted octanol–water partition coefficient (Wildman–Crippen LogP) is 4.35. The highest BCUT2D eigenvalue weighted by Gasteiger charge is 2.29. The quantitative estimate of drug-likeness (QED) is 0.409. The number of sulfonamides is 1. The Balaban J connectivity index is 2.00. The van der Waals surface area contributed by atoms with Crippen LogP contribution in [0.2, 0.25) is 5.02 Å². The summed E-state index contributed by atoms with van der Waals surface area (Å²) in [7, 11) is 1.35. The number of anilines is 2. The fourth-order valence-electron chi connectivity index (χ4n) is 3.30. The molecule has 0 saturated carbocycles. The summed E-state index contributed by atoms with van der Waals surface area (Å²) in [5.41, 5.74) is 0.330. The zero-order valence-corrected chi connectivity index (χ0v) is 21.4. The molecule has 0 fully saturated rings. The molecular weight excluding hydrogens is 515 g/mol. The number of halogens is 2. The SMILES string of the molecule is COc1ccc(NC(=O)CN(c2ccc(F)c(Cl)c2)S(=O)(=O)c2ccc(OC)c(OC)c2)cc1OC. The van der Waals surface area contributed by atoms with Crippen molar-refractivity contribution in [3.63, 3.8) is 0 Å². The second kappa shape index (κ2) is 11.4. The minimum absolute atomic E-state index is 0.0151. The zero-order chi connectivity index (χ0) is 26.5. The third-order valence-corrected chi connectivity index (χ3v) is 7.15. The van der Waals surface area contributed by atoms with Crippen molar-refractivity contribution in [1.82, 2.24) is 0 Å². The van der Waals surface area contributed by atoms with E-state index in [-0.39, 0.29) is 21.4 Å². The molecule has 3 aromatic carbocycles. The maximum absolute atomic E-state index is 13.8. The predicted molar refractivity (Wildman–Crippen MR) is 134 cm³/mol.